The molecule has 0 saturated carbocycles. The Labute approximate surface area is 178 Å². The lowest BCUT2D eigenvalue weighted by Crippen LogP contribution is -2.41. The molecule has 1 N–H and O–H groups in total. The highest BCUT2D eigenvalue weighted by molar-refractivity contribution is 9.10. The number of ether oxygens (including phenoxy) is 1. The molecule has 1 saturated heterocycles. The second-order valence-electron chi connectivity index (χ2n) is 7.06. The minimum atomic E-state index is -0.120. The zero-order valence-corrected chi connectivity index (χ0v) is 17.9. The summed E-state index contributed by atoms with van der Waals surface area (Å²) in [5, 5.41) is 3.03. The van der Waals surface area contributed by atoms with E-state index in [2.05, 4.69) is 31.1 Å². The number of hydrogen-bond donors (Lipinski definition) is 1. The van der Waals surface area contributed by atoms with Crippen molar-refractivity contribution in [2.45, 2.75) is 19.8 Å². The van der Waals surface area contributed by atoms with Crippen LogP contribution in [-0.2, 0) is 4.79 Å². The first-order valence-corrected chi connectivity index (χ1v) is 10.6. The summed E-state index contributed by atoms with van der Waals surface area (Å²) in [5.74, 6) is 1.15. The standard InChI is InChI=1S/C22H23BrN4O2/c1-2-29-22-20(25-18-10-3-4-11-19(18)26-22)27-12-6-7-15(14-27)21(28)24-17-9-5-8-16(23)13-17/h3-5,8-11,13,15H,2,6-7,12,14H2,1H3,(H,24,28). The Morgan fingerprint density at radius 2 is 2.00 bits per heavy atom. The van der Waals surface area contributed by atoms with Crippen LogP contribution < -0.4 is 15.0 Å². The molecule has 0 bridgehead atoms. The van der Waals surface area contributed by atoms with E-state index in [1.165, 1.54) is 0 Å². The number of carbonyl (C=O) groups is 1. The van der Waals surface area contributed by atoms with Crippen LogP contribution in [-0.4, -0.2) is 35.6 Å². The third-order valence-electron chi connectivity index (χ3n) is 4.99. The molecule has 6 nitrogen and oxygen atoms in total. The molecule has 1 aliphatic heterocycles. The van der Waals surface area contributed by atoms with Crippen molar-refractivity contribution in [3.8, 4) is 5.88 Å². The molecular weight excluding hydrogens is 432 g/mol. The predicted molar refractivity (Wildman–Crippen MR) is 118 cm³/mol. The lowest BCUT2D eigenvalue weighted by Gasteiger charge is -2.33. The summed E-state index contributed by atoms with van der Waals surface area (Å²) in [7, 11) is 0. The van der Waals surface area contributed by atoms with E-state index >= 15 is 0 Å². The van der Waals surface area contributed by atoms with Gasteiger partial charge in [-0.15, -0.1) is 0 Å². The Bertz CT molecular complexity index is 1030. The van der Waals surface area contributed by atoms with E-state index < -0.39 is 0 Å². The van der Waals surface area contributed by atoms with Gasteiger partial charge in [-0.05, 0) is 50.1 Å². The van der Waals surface area contributed by atoms with Crippen molar-refractivity contribution in [1.29, 1.82) is 0 Å². The number of carbonyl (C=O) groups excluding carboxylic acids is 1. The van der Waals surface area contributed by atoms with Crippen LogP contribution in [0, 0.1) is 5.92 Å². The van der Waals surface area contributed by atoms with Crippen LogP contribution in [0.3, 0.4) is 0 Å². The van der Waals surface area contributed by atoms with Gasteiger partial charge in [0, 0.05) is 23.2 Å². The molecule has 150 valence electrons. The first-order valence-electron chi connectivity index (χ1n) is 9.85. The molecule has 0 radical (unpaired) electrons. The van der Waals surface area contributed by atoms with Crippen molar-refractivity contribution in [2.24, 2.45) is 5.92 Å². The molecule has 0 spiro atoms. The largest absolute Gasteiger partial charge is 0.475 e. The quantitative estimate of drug-likeness (QED) is 0.607. The van der Waals surface area contributed by atoms with Crippen LogP contribution in [0.4, 0.5) is 11.5 Å². The average Bonchev–Trinajstić information content (AvgIpc) is 2.73. The molecule has 1 amide bonds. The number of amides is 1. The Hall–Kier alpha value is -2.67. The molecule has 3 aromatic rings. The van der Waals surface area contributed by atoms with Crippen LogP contribution in [0.2, 0.25) is 0 Å². The van der Waals surface area contributed by atoms with E-state index in [0.717, 1.165) is 40.6 Å². The summed E-state index contributed by atoms with van der Waals surface area (Å²) >= 11 is 3.44. The number of rotatable bonds is 5. The molecule has 2 aromatic carbocycles. The van der Waals surface area contributed by atoms with Crippen molar-refractivity contribution in [3.63, 3.8) is 0 Å². The minimum absolute atomic E-state index is 0.0273. The van der Waals surface area contributed by atoms with Crippen molar-refractivity contribution in [3.05, 3.63) is 53.0 Å². The number of fused-ring (bicyclic) bond motifs is 1. The fourth-order valence-electron chi connectivity index (χ4n) is 3.61. The topological polar surface area (TPSA) is 67.4 Å². The Morgan fingerprint density at radius 3 is 2.76 bits per heavy atom. The number of nitrogens with zero attached hydrogens (tertiary/aromatic N) is 3. The normalized spacial score (nSPS) is 16.6. The lowest BCUT2D eigenvalue weighted by atomic mass is 9.97. The van der Waals surface area contributed by atoms with Crippen LogP contribution >= 0.6 is 15.9 Å². The molecule has 1 atom stereocenters. The number of hydrogen-bond acceptors (Lipinski definition) is 5. The van der Waals surface area contributed by atoms with Crippen molar-refractivity contribution >= 4 is 44.4 Å². The van der Waals surface area contributed by atoms with Crippen LogP contribution in [0.5, 0.6) is 5.88 Å². The molecule has 0 aliphatic carbocycles. The van der Waals surface area contributed by atoms with Crippen molar-refractivity contribution in [1.82, 2.24) is 9.97 Å². The van der Waals surface area contributed by atoms with Gasteiger partial charge in [0.15, 0.2) is 5.82 Å². The van der Waals surface area contributed by atoms with E-state index in [1.54, 1.807) is 0 Å². The Morgan fingerprint density at radius 1 is 1.21 bits per heavy atom. The zero-order chi connectivity index (χ0) is 20.2. The highest BCUT2D eigenvalue weighted by atomic mass is 79.9. The highest BCUT2D eigenvalue weighted by Crippen LogP contribution is 2.31. The first-order chi connectivity index (χ1) is 14.1. The maximum atomic E-state index is 12.9. The van der Waals surface area contributed by atoms with Gasteiger partial charge in [0.05, 0.1) is 23.6 Å². The van der Waals surface area contributed by atoms with Crippen molar-refractivity contribution < 1.29 is 9.53 Å². The summed E-state index contributed by atoms with van der Waals surface area (Å²) in [6, 6.07) is 15.4. The summed E-state index contributed by atoms with van der Waals surface area (Å²) < 4.78 is 6.72. The van der Waals surface area contributed by atoms with Gasteiger partial charge in [0.25, 0.3) is 5.88 Å². The van der Waals surface area contributed by atoms with Gasteiger partial charge in [0.1, 0.15) is 0 Å². The first kappa shape index (κ1) is 19.6. The number of nitrogens with one attached hydrogen (secondary N) is 1. The zero-order valence-electron chi connectivity index (χ0n) is 16.3. The van der Waals surface area contributed by atoms with Gasteiger partial charge in [-0.3, -0.25) is 4.79 Å². The summed E-state index contributed by atoms with van der Waals surface area (Å²) in [4.78, 5) is 24.4. The second kappa shape index (κ2) is 8.78. The van der Waals surface area contributed by atoms with Gasteiger partial charge in [-0.25, -0.2) is 9.97 Å². The third kappa shape index (κ3) is 4.50. The summed E-state index contributed by atoms with van der Waals surface area (Å²) in [5.41, 5.74) is 2.43. The lowest BCUT2D eigenvalue weighted by molar-refractivity contribution is -0.120. The SMILES string of the molecule is CCOc1nc2ccccc2nc1N1CCCC(C(=O)Nc2cccc(Br)c2)C1. The van der Waals surface area contributed by atoms with Gasteiger partial charge in [-0.2, -0.15) is 0 Å². The van der Waals surface area contributed by atoms with Gasteiger partial charge < -0.3 is 15.0 Å². The average molecular weight is 455 g/mol. The summed E-state index contributed by atoms with van der Waals surface area (Å²) in [6.07, 6.45) is 1.76. The van der Waals surface area contributed by atoms with Crippen LogP contribution in [0.25, 0.3) is 11.0 Å². The number of para-hydroxylation sites is 2. The second-order valence-corrected chi connectivity index (χ2v) is 7.97. The van der Waals surface area contributed by atoms with E-state index in [0.29, 0.717) is 24.8 Å². The number of anilines is 2. The van der Waals surface area contributed by atoms with E-state index in [-0.39, 0.29) is 11.8 Å². The molecule has 4 rings (SSSR count). The number of aromatic nitrogens is 2. The van der Waals surface area contributed by atoms with Crippen LogP contribution in [0.1, 0.15) is 19.8 Å². The smallest absolute Gasteiger partial charge is 0.258 e. The molecule has 1 aromatic heterocycles. The third-order valence-corrected chi connectivity index (χ3v) is 5.48. The van der Waals surface area contributed by atoms with E-state index in [9.17, 15) is 4.79 Å². The minimum Gasteiger partial charge on any atom is -0.475 e. The number of halogens is 1. The molecule has 2 heterocycles. The summed E-state index contributed by atoms with van der Waals surface area (Å²) in [6.45, 7) is 3.87. The maximum absolute atomic E-state index is 12.9. The Kier molecular flexibility index (Phi) is 5.94. The van der Waals surface area contributed by atoms with E-state index in [1.807, 2.05) is 55.5 Å². The van der Waals surface area contributed by atoms with Crippen LogP contribution in [0.15, 0.2) is 53.0 Å². The number of benzene rings is 2. The molecule has 1 unspecified atom stereocenters. The van der Waals surface area contributed by atoms with Gasteiger partial charge >= 0.3 is 0 Å². The molecule has 1 fully saturated rings. The van der Waals surface area contributed by atoms with E-state index in [4.69, 9.17) is 9.72 Å². The van der Waals surface area contributed by atoms with Gasteiger partial charge in [-0.1, -0.05) is 34.1 Å². The fourth-order valence-corrected chi connectivity index (χ4v) is 4.01. The van der Waals surface area contributed by atoms with Crippen molar-refractivity contribution in [2.75, 3.05) is 29.9 Å². The molecule has 29 heavy (non-hydrogen) atoms. The Balaban J connectivity index is 1.56. The maximum Gasteiger partial charge on any atom is 0.258 e. The fraction of sp³-hybridized carbons (Fsp3) is 0.318. The molecule has 7 heteroatoms. The number of piperidine rings is 1. The highest BCUT2D eigenvalue weighted by Gasteiger charge is 2.29. The molecular formula is C22H23BrN4O2. The monoisotopic (exact) mass is 454 g/mol. The van der Waals surface area contributed by atoms with Gasteiger partial charge in [0.2, 0.25) is 5.91 Å². The predicted octanol–water partition coefficient (Wildman–Crippen LogP) is 4.65. The molecule has 1 aliphatic rings.